The lowest BCUT2D eigenvalue weighted by Crippen LogP contribution is -2.13. The largest absolute Gasteiger partial charge is 0.363 e. The van der Waals surface area contributed by atoms with Crippen LogP contribution in [0.25, 0.3) is 0 Å². The molecular formula is C5H6N4O2. The average Bonchev–Trinajstić information content (AvgIpc) is 2.33. The molecule has 0 spiro atoms. The number of ketones is 1. The van der Waals surface area contributed by atoms with E-state index >= 15 is 0 Å². The highest BCUT2D eigenvalue weighted by Crippen LogP contribution is 1.91. The van der Waals surface area contributed by atoms with Gasteiger partial charge in [-0.3, -0.25) is 14.7 Å². The van der Waals surface area contributed by atoms with Gasteiger partial charge in [-0.05, 0) is 0 Å². The minimum atomic E-state index is -0.731. The first kappa shape index (κ1) is 7.39. The molecule has 6 nitrogen and oxygen atoms in total. The first-order valence-corrected chi connectivity index (χ1v) is 2.84. The van der Waals surface area contributed by atoms with Crippen molar-refractivity contribution in [3.05, 3.63) is 11.6 Å². The van der Waals surface area contributed by atoms with E-state index < -0.39 is 5.91 Å². The molecule has 0 unspecified atom stereocenters. The van der Waals surface area contributed by atoms with E-state index in [4.69, 9.17) is 5.73 Å². The summed E-state index contributed by atoms with van der Waals surface area (Å²) in [6, 6.07) is 0. The normalized spacial score (nSPS) is 9.55. The van der Waals surface area contributed by atoms with Crippen LogP contribution < -0.4 is 5.73 Å². The van der Waals surface area contributed by atoms with Gasteiger partial charge < -0.3 is 5.73 Å². The standard InChI is InChI=1S/C5H6N4O2/c1-2(10)4-7-5(3(6)11)9-8-4/h1H3,(H2,6,11)(H,7,8,9). The van der Waals surface area contributed by atoms with Gasteiger partial charge in [0.25, 0.3) is 5.91 Å². The van der Waals surface area contributed by atoms with Gasteiger partial charge in [-0.2, -0.15) is 4.98 Å². The summed E-state index contributed by atoms with van der Waals surface area (Å²) >= 11 is 0. The highest BCUT2D eigenvalue weighted by Gasteiger charge is 2.10. The summed E-state index contributed by atoms with van der Waals surface area (Å²) in [5, 5.41) is 5.68. The number of primary amides is 1. The fourth-order valence-electron chi connectivity index (χ4n) is 0.529. The maximum Gasteiger partial charge on any atom is 0.286 e. The minimum Gasteiger partial charge on any atom is -0.363 e. The molecular weight excluding hydrogens is 148 g/mol. The van der Waals surface area contributed by atoms with Crippen molar-refractivity contribution < 1.29 is 9.59 Å². The van der Waals surface area contributed by atoms with Crippen LogP contribution in [0.1, 0.15) is 28.2 Å². The topological polar surface area (TPSA) is 102 Å². The Labute approximate surface area is 61.8 Å². The van der Waals surface area contributed by atoms with Crippen LogP contribution in [-0.2, 0) is 0 Å². The van der Waals surface area contributed by atoms with E-state index in [1.165, 1.54) is 6.92 Å². The molecule has 1 amide bonds. The lowest BCUT2D eigenvalue weighted by molar-refractivity contribution is 0.0990. The van der Waals surface area contributed by atoms with E-state index in [1.54, 1.807) is 0 Å². The lowest BCUT2D eigenvalue weighted by atomic mass is 10.4. The van der Waals surface area contributed by atoms with Gasteiger partial charge in [0, 0.05) is 6.92 Å². The highest BCUT2D eigenvalue weighted by atomic mass is 16.1. The van der Waals surface area contributed by atoms with Gasteiger partial charge in [0.15, 0.2) is 5.78 Å². The van der Waals surface area contributed by atoms with Crippen LogP contribution in [0.15, 0.2) is 0 Å². The number of aromatic nitrogens is 3. The van der Waals surface area contributed by atoms with Crippen LogP contribution in [0.3, 0.4) is 0 Å². The molecule has 1 heterocycles. The zero-order chi connectivity index (χ0) is 8.43. The number of aromatic amines is 1. The maximum absolute atomic E-state index is 10.6. The van der Waals surface area contributed by atoms with Crippen molar-refractivity contribution in [1.82, 2.24) is 15.2 Å². The lowest BCUT2D eigenvalue weighted by Gasteiger charge is -1.81. The van der Waals surface area contributed by atoms with Crippen LogP contribution in [-0.4, -0.2) is 26.9 Å². The van der Waals surface area contributed by atoms with Crippen molar-refractivity contribution in [3.63, 3.8) is 0 Å². The summed E-state index contributed by atoms with van der Waals surface area (Å²) in [7, 11) is 0. The smallest absolute Gasteiger partial charge is 0.286 e. The average molecular weight is 154 g/mol. The summed E-state index contributed by atoms with van der Waals surface area (Å²) in [5.41, 5.74) is 4.84. The molecule has 1 rings (SSSR count). The number of rotatable bonds is 2. The van der Waals surface area contributed by atoms with Gasteiger partial charge >= 0.3 is 0 Å². The predicted octanol–water partition coefficient (Wildman–Crippen LogP) is -0.894. The van der Waals surface area contributed by atoms with E-state index in [0.29, 0.717) is 0 Å². The zero-order valence-electron chi connectivity index (χ0n) is 5.79. The van der Waals surface area contributed by atoms with Gasteiger partial charge in [-0.25, -0.2) is 0 Å². The van der Waals surface area contributed by atoms with Crippen LogP contribution >= 0.6 is 0 Å². The number of hydrogen-bond acceptors (Lipinski definition) is 4. The molecule has 0 aliphatic carbocycles. The summed E-state index contributed by atoms with van der Waals surface area (Å²) in [6.45, 7) is 1.30. The van der Waals surface area contributed by atoms with E-state index in [2.05, 4.69) is 15.2 Å². The second kappa shape index (κ2) is 2.49. The van der Waals surface area contributed by atoms with Crippen molar-refractivity contribution in [2.24, 2.45) is 5.73 Å². The van der Waals surface area contributed by atoms with E-state index in [1.807, 2.05) is 0 Å². The Morgan fingerprint density at radius 2 is 2.18 bits per heavy atom. The molecule has 1 aromatic heterocycles. The van der Waals surface area contributed by atoms with Crippen molar-refractivity contribution in [3.8, 4) is 0 Å². The van der Waals surface area contributed by atoms with Gasteiger partial charge in [0.1, 0.15) is 0 Å². The fourth-order valence-corrected chi connectivity index (χ4v) is 0.529. The Morgan fingerprint density at radius 3 is 2.45 bits per heavy atom. The van der Waals surface area contributed by atoms with E-state index in [0.717, 1.165) is 0 Å². The van der Waals surface area contributed by atoms with Gasteiger partial charge in [0.05, 0.1) is 0 Å². The number of H-pyrrole nitrogens is 1. The third-order valence-electron chi connectivity index (χ3n) is 1.03. The first-order chi connectivity index (χ1) is 5.11. The van der Waals surface area contributed by atoms with Crippen LogP contribution in [0, 0.1) is 0 Å². The molecule has 0 radical (unpaired) electrons. The number of hydrogen-bond donors (Lipinski definition) is 2. The number of amides is 1. The van der Waals surface area contributed by atoms with E-state index in [9.17, 15) is 9.59 Å². The summed E-state index contributed by atoms with van der Waals surface area (Å²) in [5.74, 6) is -1.17. The zero-order valence-corrected chi connectivity index (χ0v) is 5.79. The molecule has 0 saturated carbocycles. The Hall–Kier alpha value is -1.72. The molecule has 1 aromatic rings. The number of nitrogens with two attached hydrogens (primary N) is 1. The van der Waals surface area contributed by atoms with Crippen molar-refractivity contribution in [2.45, 2.75) is 6.92 Å². The Morgan fingerprint density at radius 1 is 1.55 bits per heavy atom. The molecule has 0 fully saturated rings. The predicted molar refractivity (Wildman–Crippen MR) is 34.9 cm³/mol. The third kappa shape index (κ3) is 1.40. The van der Waals surface area contributed by atoms with E-state index in [-0.39, 0.29) is 17.4 Å². The van der Waals surface area contributed by atoms with Crippen LogP contribution in [0.4, 0.5) is 0 Å². The quantitative estimate of drug-likeness (QED) is 0.539. The number of nitrogens with zero attached hydrogens (tertiary/aromatic N) is 2. The number of carbonyl (C=O) groups is 2. The number of nitrogens with one attached hydrogen (secondary N) is 1. The number of carbonyl (C=O) groups excluding carboxylic acids is 2. The minimum absolute atomic E-state index is 0.0289. The third-order valence-corrected chi connectivity index (χ3v) is 1.03. The molecule has 58 valence electrons. The Balaban J connectivity index is 2.99. The van der Waals surface area contributed by atoms with Crippen molar-refractivity contribution >= 4 is 11.7 Å². The summed E-state index contributed by atoms with van der Waals surface area (Å²) < 4.78 is 0. The summed E-state index contributed by atoms with van der Waals surface area (Å²) in [6.07, 6.45) is 0. The van der Waals surface area contributed by atoms with Crippen molar-refractivity contribution in [1.29, 1.82) is 0 Å². The number of Topliss-reactive ketones (excluding diaryl/α,β-unsaturated/α-hetero) is 1. The second-order valence-corrected chi connectivity index (χ2v) is 1.93. The highest BCUT2D eigenvalue weighted by molar-refractivity contribution is 5.93. The molecule has 6 heteroatoms. The van der Waals surface area contributed by atoms with Crippen molar-refractivity contribution in [2.75, 3.05) is 0 Å². The molecule has 0 atom stereocenters. The maximum atomic E-state index is 10.6. The molecule has 0 bridgehead atoms. The monoisotopic (exact) mass is 154 g/mol. The van der Waals surface area contributed by atoms with Crippen LogP contribution in [0.5, 0.6) is 0 Å². The Bertz CT molecular complexity index is 275. The molecule has 3 N–H and O–H groups in total. The molecule has 0 aromatic carbocycles. The van der Waals surface area contributed by atoms with Crippen LogP contribution in [0.2, 0.25) is 0 Å². The SMILES string of the molecule is CC(=O)c1n[nH]c(C(N)=O)n1. The second-order valence-electron chi connectivity index (χ2n) is 1.93. The fraction of sp³-hybridized carbons (Fsp3) is 0.200. The first-order valence-electron chi connectivity index (χ1n) is 2.84. The van der Waals surface area contributed by atoms with Gasteiger partial charge in [0.2, 0.25) is 11.6 Å². The molecule has 0 aliphatic rings. The molecule has 11 heavy (non-hydrogen) atoms. The Kier molecular flexibility index (Phi) is 1.67. The molecule has 0 aliphatic heterocycles. The summed E-state index contributed by atoms with van der Waals surface area (Å²) in [4.78, 5) is 24.5. The molecule has 0 saturated heterocycles. The van der Waals surface area contributed by atoms with Gasteiger partial charge in [-0.15, -0.1) is 5.10 Å². The van der Waals surface area contributed by atoms with Gasteiger partial charge in [-0.1, -0.05) is 0 Å².